The van der Waals surface area contributed by atoms with Crippen LogP contribution in [0.25, 0.3) is 0 Å². The third kappa shape index (κ3) is 3.23. The van der Waals surface area contributed by atoms with E-state index in [1.165, 1.54) is 0 Å². The first-order valence-electron chi connectivity index (χ1n) is 6.80. The summed E-state index contributed by atoms with van der Waals surface area (Å²) in [6.07, 6.45) is 3.92. The molecule has 1 unspecified atom stereocenters. The molecule has 0 radical (unpaired) electrons. The Morgan fingerprint density at radius 3 is 2.56 bits per heavy atom. The lowest BCUT2D eigenvalue weighted by molar-refractivity contribution is -0.143. The maximum Gasteiger partial charge on any atom is 0.229 e. The molecule has 1 amide bonds. The fraction of sp³-hybridized carbons (Fsp3) is 0.857. The molecule has 18 heavy (non-hydrogen) atoms. The molecule has 1 fully saturated rings. The van der Waals surface area contributed by atoms with Gasteiger partial charge in [-0.3, -0.25) is 4.79 Å². The molecule has 2 N–H and O–H groups in total. The Balaban J connectivity index is 2.70. The Morgan fingerprint density at radius 1 is 1.56 bits per heavy atom. The van der Waals surface area contributed by atoms with Gasteiger partial charge in [-0.05, 0) is 38.5 Å². The zero-order chi connectivity index (χ0) is 13.8. The Bertz CT molecular complexity index is 326. The van der Waals surface area contributed by atoms with E-state index in [0.717, 1.165) is 25.7 Å². The van der Waals surface area contributed by atoms with Gasteiger partial charge in [0.2, 0.25) is 5.91 Å². The van der Waals surface area contributed by atoms with Crippen molar-refractivity contribution in [1.82, 2.24) is 4.90 Å². The quantitative estimate of drug-likeness (QED) is 0.827. The van der Waals surface area contributed by atoms with Crippen molar-refractivity contribution >= 4 is 5.91 Å². The second-order valence-corrected chi connectivity index (χ2v) is 5.88. The van der Waals surface area contributed by atoms with E-state index in [0.29, 0.717) is 19.0 Å². The number of amides is 1. The summed E-state index contributed by atoms with van der Waals surface area (Å²) in [5, 5.41) is 8.82. The van der Waals surface area contributed by atoms with Crippen molar-refractivity contribution in [2.45, 2.75) is 39.5 Å². The van der Waals surface area contributed by atoms with Crippen LogP contribution in [0.1, 0.15) is 39.5 Å². The summed E-state index contributed by atoms with van der Waals surface area (Å²) in [6.45, 7) is 4.98. The highest BCUT2D eigenvalue weighted by molar-refractivity contribution is 5.83. The molecular weight excluding hydrogens is 226 g/mol. The predicted molar refractivity (Wildman–Crippen MR) is 71.5 cm³/mol. The Kier molecular flexibility index (Phi) is 5.15. The van der Waals surface area contributed by atoms with Crippen molar-refractivity contribution < 1.29 is 4.79 Å². The fourth-order valence-corrected chi connectivity index (χ4v) is 2.76. The summed E-state index contributed by atoms with van der Waals surface area (Å²) in [6, 6.07) is 2.17. The fourth-order valence-electron chi connectivity index (χ4n) is 2.76. The first-order valence-corrected chi connectivity index (χ1v) is 6.80. The normalized spacial score (nSPS) is 29.4. The average molecular weight is 251 g/mol. The Morgan fingerprint density at radius 2 is 2.11 bits per heavy atom. The second-order valence-electron chi connectivity index (χ2n) is 5.88. The topological polar surface area (TPSA) is 70.1 Å². The average Bonchev–Trinajstić information content (AvgIpc) is 2.39. The van der Waals surface area contributed by atoms with E-state index < -0.39 is 0 Å². The van der Waals surface area contributed by atoms with E-state index in [9.17, 15) is 4.79 Å². The van der Waals surface area contributed by atoms with Crippen LogP contribution in [0.15, 0.2) is 0 Å². The molecule has 4 nitrogen and oxygen atoms in total. The summed E-state index contributed by atoms with van der Waals surface area (Å²) in [4.78, 5) is 14.2. The molecule has 0 aromatic carbocycles. The number of nitriles is 1. The van der Waals surface area contributed by atoms with Gasteiger partial charge in [0, 0.05) is 20.1 Å². The van der Waals surface area contributed by atoms with Crippen LogP contribution >= 0.6 is 0 Å². The second kappa shape index (κ2) is 6.19. The van der Waals surface area contributed by atoms with E-state index in [1.807, 2.05) is 6.92 Å². The standard InChI is InChI=1S/C14H25N3O/c1-11-4-6-14(10-16,7-5-11)13(18)17(3)9-12(2)8-15/h11-12H,4-7,9-10,16H2,1-3H3. The molecule has 0 bridgehead atoms. The highest BCUT2D eigenvalue weighted by atomic mass is 16.2. The number of nitrogens with two attached hydrogens (primary N) is 1. The first-order chi connectivity index (χ1) is 8.45. The van der Waals surface area contributed by atoms with Gasteiger partial charge in [-0.1, -0.05) is 6.92 Å². The number of carbonyl (C=O) groups is 1. The van der Waals surface area contributed by atoms with Crippen LogP contribution in [0.2, 0.25) is 0 Å². The number of nitrogens with zero attached hydrogens (tertiary/aromatic N) is 2. The van der Waals surface area contributed by atoms with Gasteiger partial charge in [0.05, 0.1) is 17.4 Å². The summed E-state index contributed by atoms with van der Waals surface area (Å²) < 4.78 is 0. The van der Waals surface area contributed by atoms with Gasteiger partial charge in [0.25, 0.3) is 0 Å². The molecule has 0 saturated heterocycles. The molecule has 102 valence electrons. The maximum atomic E-state index is 12.5. The van der Waals surface area contributed by atoms with Gasteiger partial charge in [0.15, 0.2) is 0 Å². The lowest BCUT2D eigenvalue weighted by Crippen LogP contribution is -2.49. The van der Waals surface area contributed by atoms with Crippen LogP contribution in [-0.4, -0.2) is 30.9 Å². The number of hydrogen-bond donors (Lipinski definition) is 1. The Hall–Kier alpha value is -1.08. The summed E-state index contributed by atoms with van der Waals surface area (Å²) in [5.41, 5.74) is 5.49. The number of hydrogen-bond acceptors (Lipinski definition) is 3. The minimum Gasteiger partial charge on any atom is -0.344 e. The van der Waals surface area contributed by atoms with Crippen LogP contribution in [0, 0.1) is 28.6 Å². The summed E-state index contributed by atoms with van der Waals surface area (Å²) >= 11 is 0. The summed E-state index contributed by atoms with van der Waals surface area (Å²) in [5.74, 6) is 0.691. The molecule has 1 saturated carbocycles. The van der Waals surface area contributed by atoms with Gasteiger partial charge >= 0.3 is 0 Å². The monoisotopic (exact) mass is 251 g/mol. The van der Waals surface area contributed by atoms with E-state index in [-0.39, 0.29) is 17.2 Å². The molecule has 0 aliphatic heterocycles. The van der Waals surface area contributed by atoms with Gasteiger partial charge < -0.3 is 10.6 Å². The smallest absolute Gasteiger partial charge is 0.229 e. The van der Waals surface area contributed by atoms with Crippen LogP contribution in [0.3, 0.4) is 0 Å². The predicted octanol–water partition coefficient (Wildman–Crippen LogP) is 1.76. The number of rotatable bonds is 4. The molecule has 0 spiro atoms. The lowest BCUT2D eigenvalue weighted by Gasteiger charge is -2.39. The minimum absolute atomic E-state index is 0.124. The molecule has 4 heteroatoms. The highest BCUT2D eigenvalue weighted by Gasteiger charge is 2.41. The zero-order valence-electron chi connectivity index (χ0n) is 11.8. The SMILES string of the molecule is CC(C#N)CN(C)C(=O)C1(CN)CCC(C)CC1. The lowest BCUT2D eigenvalue weighted by atomic mass is 9.70. The third-order valence-electron chi connectivity index (χ3n) is 4.19. The van der Waals surface area contributed by atoms with Crippen LogP contribution < -0.4 is 5.73 Å². The Labute approximate surface area is 110 Å². The van der Waals surface area contributed by atoms with E-state index in [2.05, 4.69) is 13.0 Å². The molecule has 0 aromatic rings. The maximum absolute atomic E-state index is 12.5. The van der Waals surface area contributed by atoms with E-state index in [4.69, 9.17) is 11.0 Å². The molecular formula is C14H25N3O. The van der Waals surface area contributed by atoms with Crippen molar-refractivity contribution in [3.63, 3.8) is 0 Å². The van der Waals surface area contributed by atoms with E-state index in [1.54, 1.807) is 11.9 Å². The molecule has 1 rings (SSSR count). The van der Waals surface area contributed by atoms with Gasteiger partial charge in [-0.2, -0.15) is 5.26 Å². The van der Waals surface area contributed by atoms with Crippen molar-refractivity contribution in [3.8, 4) is 6.07 Å². The molecule has 1 aliphatic carbocycles. The first kappa shape index (κ1) is 15.0. The molecule has 1 aliphatic rings. The number of carbonyl (C=O) groups excluding carboxylic acids is 1. The van der Waals surface area contributed by atoms with Crippen LogP contribution in [0.5, 0.6) is 0 Å². The summed E-state index contributed by atoms with van der Waals surface area (Å²) in [7, 11) is 1.78. The molecule has 0 heterocycles. The van der Waals surface area contributed by atoms with Crippen molar-refractivity contribution in [3.05, 3.63) is 0 Å². The molecule has 1 atom stereocenters. The van der Waals surface area contributed by atoms with Gasteiger partial charge in [-0.25, -0.2) is 0 Å². The van der Waals surface area contributed by atoms with Crippen molar-refractivity contribution in [2.24, 2.45) is 23.0 Å². The van der Waals surface area contributed by atoms with Gasteiger partial charge in [0.1, 0.15) is 0 Å². The van der Waals surface area contributed by atoms with Gasteiger partial charge in [-0.15, -0.1) is 0 Å². The van der Waals surface area contributed by atoms with Crippen LogP contribution in [-0.2, 0) is 4.79 Å². The minimum atomic E-state index is -0.379. The highest BCUT2D eigenvalue weighted by Crippen LogP contribution is 2.39. The van der Waals surface area contributed by atoms with E-state index >= 15 is 0 Å². The largest absolute Gasteiger partial charge is 0.344 e. The van der Waals surface area contributed by atoms with Crippen molar-refractivity contribution in [1.29, 1.82) is 5.26 Å². The zero-order valence-corrected chi connectivity index (χ0v) is 11.8. The van der Waals surface area contributed by atoms with Crippen molar-refractivity contribution in [2.75, 3.05) is 20.1 Å². The third-order valence-corrected chi connectivity index (χ3v) is 4.19. The van der Waals surface area contributed by atoms with Crippen LogP contribution in [0.4, 0.5) is 0 Å². The molecule has 0 aromatic heterocycles.